The first-order chi connectivity index (χ1) is 8.17. The van der Waals surface area contributed by atoms with E-state index in [1.165, 1.54) is 12.0 Å². The van der Waals surface area contributed by atoms with Crippen LogP contribution in [-0.4, -0.2) is 12.6 Å². The van der Waals surface area contributed by atoms with E-state index in [2.05, 4.69) is 19.2 Å². The highest BCUT2D eigenvalue weighted by Gasteiger charge is 2.07. The van der Waals surface area contributed by atoms with Crippen LogP contribution in [0.25, 0.3) is 0 Å². The lowest BCUT2D eigenvalue weighted by Gasteiger charge is -2.16. The Morgan fingerprint density at radius 2 is 2.00 bits per heavy atom. The molecule has 0 aromatic heterocycles. The molecular weight excluding hydrogens is 253 g/mol. The van der Waals surface area contributed by atoms with Crippen molar-refractivity contribution in [3.63, 3.8) is 0 Å². The molecule has 0 radical (unpaired) electrons. The first-order valence-electron chi connectivity index (χ1n) is 6.34. The van der Waals surface area contributed by atoms with Gasteiger partial charge in [-0.15, -0.1) is 0 Å². The van der Waals surface area contributed by atoms with Gasteiger partial charge in [0.2, 0.25) is 0 Å². The van der Waals surface area contributed by atoms with Gasteiger partial charge >= 0.3 is 0 Å². The van der Waals surface area contributed by atoms with Gasteiger partial charge in [0.15, 0.2) is 0 Å². The Labute approximate surface area is 115 Å². The zero-order chi connectivity index (χ0) is 12.7. The molecule has 0 aliphatic carbocycles. The van der Waals surface area contributed by atoms with Crippen LogP contribution < -0.4 is 5.32 Å². The minimum absolute atomic E-state index is 0.585. The molecule has 1 aromatic rings. The predicted molar refractivity (Wildman–Crippen MR) is 77.2 cm³/mol. The van der Waals surface area contributed by atoms with Crippen LogP contribution in [0.1, 0.15) is 38.7 Å². The molecule has 96 valence electrons. The van der Waals surface area contributed by atoms with E-state index in [0.29, 0.717) is 11.1 Å². The van der Waals surface area contributed by atoms with E-state index in [1.54, 1.807) is 0 Å². The Morgan fingerprint density at radius 1 is 1.24 bits per heavy atom. The molecule has 1 atom stereocenters. The average molecular weight is 274 g/mol. The Morgan fingerprint density at radius 3 is 2.59 bits per heavy atom. The molecule has 0 heterocycles. The molecule has 0 saturated heterocycles. The molecule has 1 aromatic carbocycles. The summed E-state index contributed by atoms with van der Waals surface area (Å²) in [5.74, 6) is 0. The van der Waals surface area contributed by atoms with E-state index in [9.17, 15) is 0 Å². The summed E-state index contributed by atoms with van der Waals surface area (Å²) in [4.78, 5) is 0. The summed E-state index contributed by atoms with van der Waals surface area (Å²) in [6, 6.07) is 6.33. The fraction of sp³-hybridized carbons (Fsp3) is 0.571. The van der Waals surface area contributed by atoms with E-state index >= 15 is 0 Å². The Bertz CT molecular complexity index is 339. The minimum Gasteiger partial charge on any atom is -0.314 e. The second-order valence-electron chi connectivity index (χ2n) is 4.33. The van der Waals surface area contributed by atoms with Crippen LogP contribution >= 0.6 is 23.2 Å². The van der Waals surface area contributed by atoms with Gasteiger partial charge < -0.3 is 5.32 Å². The Hall–Kier alpha value is -0.240. The van der Waals surface area contributed by atoms with Crippen molar-refractivity contribution in [3.05, 3.63) is 33.8 Å². The van der Waals surface area contributed by atoms with Gasteiger partial charge in [-0.25, -0.2) is 0 Å². The third kappa shape index (κ3) is 5.29. The van der Waals surface area contributed by atoms with Crippen molar-refractivity contribution in [2.75, 3.05) is 6.54 Å². The lowest BCUT2D eigenvalue weighted by atomic mass is 10.0. The lowest BCUT2D eigenvalue weighted by molar-refractivity contribution is 0.468. The van der Waals surface area contributed by atoms with Gasteiger partial charge in [-0.3, -0.25) is 0 Å². The summed E-state index contributed by atoms with van der Waals surface area (Å²) < 4.78 is 0. The summed E-state index contributed by atoms with van der Waals surface area (Å²) >= 11 is 12.0. The molecule has 1 unspecified atom stereocenters. The number of rotatable bonds is 7. The molecule has 17 heavy (non-hydrogen) atoms. The van der Waals surface area contributed by atoms with Crippen LogP contribution in [-0.2, 0) is 6.42 Å². The smallest absolute Gasteiger partial charge is 0.0452 e. The SMILES string of the molecule is CCCNC(CC)CCc1ccc(Cl)cc1Cl. The topological polar surface area (TPSA) is 12.0 Å². The second kappa shape index (κ2) is 7.97. The first-order valence-corrected chi connectivity index (χ1v) is 7.10. The lowest BCUT2D eigenvalue weighted by Crippen LogP contribution is -2.29. The highest BCUT2D eigenvalue weighted by molar-refractivity contribution is 6.35. The second-order valence-corrected chi connectivity index (χ2v) is 5.18. The molecule has 0 aliphatic heterocycles. The van der Waals surface area contributed by atoms with Crippen LogP contribution in [0.2, 0.25) is 10.0 Å². The number of nitrogens with one attached hydrogen (secondary N) is 1. The molecule has 0 fully saturated rings. The van der Waals surface area contributed by atoms with Crippen LogP contribution in [0.3, 0.4) is 0 Å². The van der Waals surface area contributed by atoms with Gasteiger partial charge in [-0.1, -0.05) is 43.1 Å². The number of hydrogen-bond acceptors (Lipinski definition) is 1. The van der Waals surface area contributed by atoms with E-state index in [1.807, 2.05) is 18.2 Å². The summed E-state index contributed by atoms with van der Waals surface area (Å²) in [7, 11) is 0. The standard InChI is InChI=1S/C14H21Cl2N/c1-3-9-17-13(4-2)8-6-11-5-7-12(15)10-14(11)16/h5,7,10,13,17H,3-4,6,8-9H2,1-2H3. The Kier molecular flexibility index (Phi) is 6.94. The molecule has 1 N–H and O–H groups in total. The van der Waals surface area contributed by atoms with Crippen molar-refractivity contribution in [3.8, 4) is 0 Å². The van der Waals surface area contributed by atoms with Gasteiger partial charge in [-0.05, 0) is 49.9 Å². The van der Waals surface area contributed by atoms with E-state index in [-0.39, 0.29) is 0 Å². The van der Waals surface area contributed by atoms with Gasteiger partial charge in [0.1, 0.15) is 0 Å². The maximum atomic E-state index is 6.16. The van der Waals surface area contributed by atoms with Crippen LogP contribution in [0, 0.1) is 0 Å². The molecule has 0 aliphatic rings. The molecule has 0 spiro atoms. The fourth-order valence-corrected chi connectivity index (χ4v) is 2.36. The van der Waals surface area contributed by atoms with Crippen LogP contribution in [0.5, 0.6) is 0 Å². The highest BCUT2D eigenvalue weighted by Crippen LogP contribution is 2.22. The summed E-state index contributed by atoms with van der Waals surface area (Å²) in [5.41, 5.74) is 1.19. The van der Waals surface area contributed by atoms with E-state index in [0.717, 1.165) is 30.8 Å². The van der Waals surface area contributed by atoms with Crippen molar-refractivity contribution in [1.82, 2.24) is 5.32 Å². The fourth-order valence-electron chi connectivity index (χ4n) is 1.85. The third-order valence-electron chi connectivity index (χ3n) is 2.95. The molecule has 1 nitrogen and oxygen atoms in total. The van der Waals surface area contributed by atoms with E-state index in [4.69, 9.17) is 23.2 Å². The highest BCUT2D eigenvalue weighted by atomic mass is 35.5. The number of aryl methyl sites for hydroxylation is 1. The van der Waals surface area contributed by atoms with Gasteiger partial charge in [0.05, 0.1) is 0 Å². The van der Waals surface area contributed by atoms with Crippen molar-refractivity contribution in [2.24, 2.45) is 0 Å². The normalized spacial score (nSPS) is 12.7. The molecule has 1 rings (SSSR count). The molecule has 0 bridgehead atoms. The largest absolute Gasteiger partial charge is 0.314 e. The van der Waals surface area contributed by atoms with Gasteiger partial charge in [-0.2, -0.15) is 0 Å². The average Bonchev–Trinajstić information content (AvgIpc) is 2.31. The maximum Gasteiger partial charge on any atom is 0.0452 e. The first kappa shape index (κ1) is 14.8. The van der Waals surface area contributed by atoms with Crippen LogP contribution in [0.15, 0.2) is 18.2 Å². The Balaban J connectivity index is 2.47. The molecule has 0 saturated carbocycles. The zero-order valence-corrected chi connectivity index (χ0v) is 12.1. The monoisotopic (exact) mass is 273 g/mol. The maximum absolute atomic E-state index is 6.16. The number of hydrogen-bond donors (Lipinski definition) is 1. The van der Waals surface area contributed by atoms with Gasteiger partial charge in [0, 0.05) is 16.1 Å². The summed E-state index contributed by atoms with van der Waals surface area (Å²) in [6.07, 6.45) is 4.46. The number of benzene rings is 1. The summed E-state index contributed by atoms with van der Waals surface area (Å²) in [5, 5.41) is 5.04. The molecule has 0 amide bonds. The van der Waals surface area contributed by atoms with Crippen molar-refractivity contribution in [1.29, 1.82) is 0 Å². The van der Waals surface area contributed by atoms with Crippen molar-refractivity contribution >= 4 is 23.2 Å². The molecule has 3 heteroatoms. The van der Waals surface area contributed by atoms with Crippen molar-refractivity contribution < 1.29 is 0 Å². The van der Waals surface area contributed by atoms with E-state index < -0.39 is 0 Å². The summed E-state index contributed by atoms with van der Waals surface area (Å²) in [6.45, 7) is 5.50. The number of halogens is 2. The predicted octanol–water partition coefficient (Wildman–Crippen LogP) is 4.70. The third-order valence-corrected chi connectivity index (χ3v) is 3.54. The minimum atomic E-state index is 0.585. The van der Waals surface area contributed by atoms with Crippen LogP contribution in [0.4, 0.5) is 0 Å². The zero-order valence-electron chi connectivity index (χ0n) is 10.6. The quantitative estimate of drug-likeness (QED) is 0.759. The van der Waals surface area contributed by atoms with Gasteiger partial charge in [0.25, 0.3) is 0 Å². The van der Waals surface area contributed by atoms with Crippen molar-refractivity contribution in [2.45, 2.75) is 45.6 Å². The molecular formula is C14H21Cl2N.